The molecular formula is C46H51N7O5. The van der Waals surface area contributed by atoms with E-state index in [0.29, 0.717) is 18.7 Å². The van der Waals surface area contributed by atoms with Gasteiger partial charge in [-0.2, -0.15) is 0 Å². The first kappa shape index (κ1) is 37.7. The van der Waals surface area contributed by atoms with E-state index < -0.39 is 12.1 Å². The van der Waals surface area contributed by atoms with Gasteiger partial charge < -0.3 is 29.7 Å². The van der Waals surface area contributed by atoms with Crippen LogP contribution in [0.25, 0.3) is 11.3 Å². The van der Waals surface area contributed by atoms with Gasteiger partial charge in [-0.25, -0.2) is 19.6 Å². The summed E-state index contributed by atoms with van der Waals surface area (Å²) in [5.74, 6) is 1.43. The number of nitrogens with zero attached hydrogens (tertiary/aromatic N) is 4. The molecule has 2 aromatic heterocycles. The maximum absolute atomic E-state index is 13.9. The number of likely N-dealkylation sites (tertiary alicyclic amines) is 2. The average Bonchev–Trinajstić information content (AvgIpc) is 4.13. The molecule has 4 heterocycles. The highest BCUT2D eigenvalue weighted by Gasteiger charge is 2.51. The number of aromatic nitrogens is 4. The smallest absolute Gasteiger partial charge is 0.410 e. The molecule has 5 aromatic rings. The average molecular weight is 782 g/mol. The standard InChI is InChI=1S/C46H51N7O5/c1-57-43(55)51-39(33-12-6-3-7-13-33)42(54)52-26-8-14-36(52)40-47-28-35(49-40)32-16-18-34(19-17-32)45-20-23-46(24-21-45,25-22-45)38-29-48-41(50-38)37-15-9-27-53(37)44(56)58-30-31-10-4-2-5-11-31/h2-7,10-13,16-19,28-29,36-37,39H,8-9,14-15,20-27,30H2,1H3,(H,47,49)(H,48,50)(H,51,55)/t36-,37-,39+,45?,46?/m0/s1. The number of fused-ring (bicyclic) bond motifs is 3. The molecular weight excluding hydrogens is 731 g/mol. The van der Waals surface area contributed by atoms with Crippen LogP contribution in [0.2, 0.25) is 0 Å². The third-order valence-electron chi connectivity index (χ3n) is 13.5. The molecule has 2 saturated heterocycles. The van der Waals surface area contributed by atoms with Crippen molar-refractivity contribution < 1.29 is 23.9 Å². The fraction of sp³-hybridized carbons (Fsp3) is 0.413. The van der Waals surface area contributed by atoms with Gasteiger partial charge >= 0.3 is 12.2 Å². The highest BCUT2D eigenvalue weighted by atomic mass is 16.6. The van der Waals surface area contributed by atoms with E-state index in [1.54, 1.807) is 0 Å². The molecule has 0 radical (unpaired) electrons. The number of H-pyrrole nitrogens is 2. The SMILES string of the molecule is COC(=O)N[C@@H](C(=O)N1CCC[C@H]1c1ncc(-c2ccc(C34CCC(c5cnc([C@@H]6CCCN6C(=O)OCc6ccccc6)[nH]5)(CC3)CC4)cc2)[nH]1)c1ccccc1. The Morgan fingerprint density at radius 1 is 0.759 bits per heavy atom. The highest BCUT2D eigenvalue weighted by molar-refractivity contribution is 5.87. The van der Waals surface area contributed by atoms with Crippen LogP contribution in [0, 0.1) is 0 Å². The number of aromatic amines is 2. The molecule has 5 aliphatic rings. The minimum absolute atomic E-state index is 0.0858. The minimum atomic E-state index is -0.858. The summed E-state index contributed by atoms with van der Waals surface area (Å²) in [5, 5.41) is 2.74. The lowest BCUT2D eigenvalue weighted by atomic mass is 9.51. The van der Waals surface area contributed by atoms with Crippen molar-refractivity contribution in [3.05, 3.63) is 131 Å². The predicted molar refractivity (Wildman–Crippen MR) is 217 cm³/mol. The number of ether oxygens (including phenoxy) is 2. The van der Waals surface area contributed by atoms with Gasteiger partial charge in [-0.3, -0.25) is 9.69 Å². The zero-order valence-corrected chi connectivity index (χ0v) is 33.0. The zero-order chi connectivity index (χ0) is 39.7. The van der Waals surface area contributed by atoms with Crippen molar-refractivity contribution in [2.75, 3.05) is 20.2 Å². The summed E-state index contributed by atoms with van der Waals surface area (Å²) in [5.41, 5.74) is 6.50. The van der Waals surface area contributed by atoms with Gasteiger partial charge in [0, 0.05) is 30.4 Å². The first-order valence-electron chi connectivity index (χ1n) is 20.7. The number of rotatable bonds is 10. The summed E-state index contributed by atoms with van der Waals surface area (Å²) in [6, 6.07) is 26.9. The number of carbonyl (C=O) groups excluding carboxylic acids is 3. The highest BCUT2D eigenvalue weighted by Crippen LogP contribution is 2.58. The number of hydrogen-bond donors (Lipinski definition) is 3. The maximum Gasteiger partial charge on any atom is 0.410 e. The second-order valence-corrected chi connectivity index (χ2v) is 16.6. The molecule has 0 unspecified atom stereocenters. The van der Waals surface area contributed by atoms with Crippen LogP contribution in [0.4, 0.5) is 9.59 Å². The van der Waals surface area contributed by atoms with E-state index in [-0.39, 0.29) is 41.5 Å². The molecule has 2 bridgehead atoms. The van der Waals surface area contributed by atoms with Crippen molar-refractivity contribution in [1.29, 1.82) is 0 Å². The van der Waals surface area contributed by atoms with Crippen LogP contribution >= 0.6 is 0 Å². The molecule has 5 fully saturated rings. The van der Waals surface area contributed by atoms with Crippen molar-refractivity contribution in [2.45, 2.75) is 99.8 Å². The number of carbonyl (C=O) groups is 3. The molecule has 12 heteroatoms. The first-order chi connectivity index (χ1) is 28.3. The molecule has 2 aliphatic heterocycles. The van der Waals surface area contributed by atoms with Gasteiger partial charge in [0.25, 0.3) is 5.91 Å². The van der Waals surface area contributed by atoms with Crippen LogP contribution in [-0.2, 0) is 31.7 Å². The monoisotopic (exact) mass is 781 g/mol. The maximum atomic E-state index is 13.9. The van der Waals surface area contributed by atoms with Crippen LogP contribution in [0.15, 0.2) is 97.3 Å². The van der Waals surface area contributed by atoms with Crippen LogP contribution in [0.5, 0.6) is 0 Å². The lowest BCUT2D eigenvalue weighted by Crippen LogP contribution is -2.46. The van der Waals surface area contributed by atoms with Gasteiger partial charge in [0.2, 0.25) is 0 Å². The largest absolute Gasteiger partial charge is 0.453 e. The number of alkyl carbamates (subject to hydrolysis) is 1. The van der Waals surface area contributed by atoms with E-state index in [2.05, 4.69) is 39.6 Å². The Morgan fingerprint density at radius 3 is 2.05 bits per heavy atom. The van der Waals surface area contributed by atoms with Crippen molar-refractivity contribution in [1.82, 2.24) is 35.1 Å². The van der Waals surface area contributed by atoms with Gasteiger partial charge in [0.15, 0.2) is 0 Å². The second kappa shape index (κ2) is 15.8. The molecule has 300 valence electrons. The van der Waals surface area contributed by atoms with E-state index in [9.17, 15) is 14.4 Å². The Morgan fingerprint density at radius 2 is 1.36 bits per heavy atom. The molecule has 58 heavy (non-hydrogen) atoms. The summed E-state index contributed by atoms with van der Waals surface area (Å²) in [6.07, 6.45) is 13.1. The number of benzene rings is 3. The normalized spacial score (nSPS) is 24.4. The number of nitrogens with one attached hydrogen (secondary N) is 3. The Balaban J connectivity index is 0.837. The summed E-state index contributed by atoms with van der Waals surface area (Å²) in [7, 11) is 1.30. The quantitative estimate of drug-likeness (QED) is 0.129. The van der Waals surface area contributed by atoms with E-state index in [1.165, 1.54) is 18.4 Å². The topological polar surface area (TPSA) is 146 Å². The van der Waals surface area contributed by atoms with Crippen LogP contribution < -0.4 is 5.32 Å². The molecule has 10 rings (SSSR count). The van der Waals surface area contributed by atoms with Crippen LogP contribution in [0.3, 0.4) is 0 Å². The van der Waals surface area contributed by atoms with Gasteiger partial charge in [-0.15, -0.1) is 0 Å². The molecule has 3 aliphatic carbocycles. The molecule has 3 N–H and O–H groups in total. The summed E-state index contributed by atoms with van der Waals surface area (Å²) in [6.45, 7) is 1.52. The van der Waals surface area contributed by atoms with Gasteiger partial charge in [0.1, 0.15) is 24.3 Å². The summed E-state index contributed by atoms with van der Waals surface area (Å²) >= 11 is 0. The number of hydrogen-bond acceptors (Lipinski definition) is 7. The summed E-state index contributed by atoms with van der Waals surface area (Å²) in [4.78, 5) is 59.9. The van der Waals surface area contributed by atoms with Crippen LogP contribution in [0.1, 0.15) is 116 Å². The third kappa shape index (κ3) is 7.13. The van der Waals surface area contributed by atoms with Gasteiger partial charge in [-0.1, -0.05) is 84.9 Å². The first-order valence-corrected chi connectivity index (χ1v) is 20.7. The van der Waals surface area contributed by atoms with Gasteiger partial charge in [0.05, 0.1) is 31.1 Å². The zero-order valence-electron chi connectivity index (χ0n) is 33.0. The number of amides is 3. The van der Waals surface area contributed by atoms with E-state index in [0.717, 1.165) is 92.7 Å². The number of imidazole rings is 2. The number of methoxy groups -OCH3 is 1. The third-order valence-corrected chi connectivity index (χ3v) is 13.5. The Bertz CT molecular complexity index is 2210. The van der Waals surface area contributed by atoms with Crippen LogP contribution in [-0.4, -0.2) is 68.0 Å². The molecule has 3 amide bonds. The molecule has 0 spiro atoms. The van der Waals surface area contributed by atoms with Crippen molar-refractivity contribution in [2.24, 2.45) is 0 Å². The van der Waals surface area contributed by atoms with Crippen molar-refractivity contribution in [3.63, 3.8) is 0 Å². The lowest BCUT2D eigenvalue weighted by Gasteiger charge is -2.53. The molecule has 12 nitrogen and oxygen atoms in total. The van der Waals surface area contributed by atoms with E-state index >= 15 is 0 Å². The second-order valence-electron chi connectivity index (χ2n) is 16.6. The minimum Gasteiger partial charge on any atom is -0.453 e. The van der Waals surface area contributed by atoms with Crippen molar-refractivity contribution in [3.8, 4) is 11.3 Å². The molecule has 3 aromatic carbocycles. The Kier molecular flexibility index (Phi) is 10.3. The lowest BCUT2D eigenvalue weighted by molar-refractivity contribution is -0.134. The molecule has 3 atom stereocenters. The Labute approximate surface area is 338 Å². The van der Waals surface area contributed by atoms with E-state index in [1.807, 2.05) is 82.9 Å². The summed E-state index contributed by atoms with van der Waals surface area (Å²) < 4.78 is 10.5. The fourth-order valence-corrected chi connectivity index (χ4v) is 10.1. The van der Waals surface area contributed by atoms with Crippen molar-refractivity contribution >= 4 is 18.1 Å². The molecule has 3 saturated carbocycles. The van der Waals surface area contributed by atoms with Gasteiger partial charge in [-0.05, 0) is 91.9 Å². The predicted octanol–water partition coefficient (Wildman–Crippen LogP) is 8.58. The van der Waals surface area contributed by atoms with E-state index in [4.69, 9.17) is 19.4 Å². The fourth-order valence-electron chi connectivity index (χ4n) is 10.1. The Hall–Kier alpha value is -5.91.